The van der Waals surface area contributed by atoms with Crippen molar-refractivity contribution < 1.29 is 9.53 Å². The van der Waals surface area contributed by atoms with Crippen molar-refractivity contribution in [3.05, 3.63) is 60.2 Å². The first-order chi connectivity index (χ1) is 11.8. The second kappa shape index (κ2) is 8.78. The highest BCUT2D eigenvalue weighted by atomic mass is 32.2. The van der Waals surface area contributed by atoms with Gasteiger partial charge in [-0.05, 0) is 55.5 Å². The molecule has 1 aliphatic rings. The summed E-state index contributed by atoms with van der Waals surface area (Å²) in [4.78, 5) is 12.0. The van der Waals surface area contributed by atoms with Crippen molar-refractivity contribution in [3.63, 3.8) is 0 Å². The molecule has 1 fully saturated rings. The fourth-order valence-electron chi connectivity index (χ4n) is 2.85. The van der Waals surface area contributed by atoms with Gasteiger partial charge in [0, 0.05) is 11.4 Å². The maximum atomic E-state index is 12.0. The van der Waals surface area contributed by atoms with Gasteiger partial charge in [0.15, 0.2) is 0 Å². The number of rotatable bonds is 7. The molecule has 3 nitrogen and oxygen atoms in total. The third-order valence-electron chi connectivity index (χ3n) is 4.09. The second-order valence-corrected chi connectivity index (χ2v) is 7.06. The monoisotopic (exact) mass is 341 g/mol. The Morgan fingerprint density at radius 2 is 1.75 bits per heavy atom. The fraction of sp³-hybridized carbons (Fsp3) is 0.350. The molecule has 1 aliphatic carbocycles. The predicted octanol–water partition coefficient (Wildman–Crippen LogP) is 4.88. The molecule has 3 rings (SSSR count). The van der Waals surface area contributed by atoms with Gasteiger partial charge in [0.05, 0.1) is 11.9 Å². The van der Waals surface area contributed by atoms with E-state index < -0.39 is 0 Å². The summed E-state index contributed by atoms with van der Waals surface area (Å²) in [5.74, 6) is 2.22. The molecule has 0 heterocycles. The molecule has 0 bridgehead atoms. The Kier molecular flexibility index (Phi) is 6.19. The van der Waals surface area contributed by atoms with Crippen molar-refractivity contribution in [2.24, 2.45) is 0 Å². The van der Waals surface area contributed by atoms with Crippen LogP contribution < -0.4 is 10.1 Å². The van der Waals surface area contributed by atoms with Crippen LogP contribution in [0.3, 0.4) is 0 Å². The molecule has 126 valence electrons. The van der Waals surface area contributed by atoms with E-state index in [0.29, 0.717) is 11.9 Å². The number of thioether (sulfide) groups is 1. The van der Waals surface area contributed by atoms with E-state index in [-0.39, 0.29) is 5.91 Å². The molecule has 2 aromatic carbocycles. The standard InChI is InChI=1S/C20H23NO2S/c22-20(15-24-14-16-6-2-1-3-7-16)21-17-10-12-19(13-11-17)23-18-8-4-5-9-18/h1-3,6-7,10-13,18H,4-5,8-9,14-15H2,(H,21,22). The van der Waals surface area contributed by atoms with E-state index in [4.69, 9.17) is 4.74 Å². The highest BCUT2D eigenvalue weighted by Gasteiger charge is 2.16. The van der Waals surface area contributed by atoms with Gasteiger partial charge in [-0.25, -0.2) is 0 Å². The Balaban J connectivity index is 1.40. The van der Waals surface area contributed by atoms with Crippen LogP contribution in [0.4, 0.5) is 5.69 Å². The van der Waals surface area contributed by atoms with Gasteiger partial charge < -0.3 is 10.1 Å². The highest BCUT2D eigenvalue weighted by molar-refractivity contribution is 7.99. The number of hydrogen-bond acceptors (Lipinski definition) is 3. The minimum absolute atomic E-state index is 0.0281. The number of carbonyl (C=O) groups is 1. The Morgan fingerprint density at radius 1 is 1.04 bits per heavy atom. The van der Waals surface area contributed by atoms with E-state index in [1.54, 1.807) is 11.8 Å². The number of benzene rings is 2. The molecule has 4 heteroatoms. The summed E-state index contributed by atoms with van der Waals surface area (Å²) in [5, 5.41) is 2.93. The molecular formula is C20H23NO2S. The lowest BCUT2D eigenvalue weighted by atomic mass is 10.2. The van der Waals surface area contributed by atoms with Gasteiger partial charge >= 0.3 is 0 Å². The molecule has 1 amide bonds. The van der Waals surface area contributed by atoms with Crippen LogP contribution in [0.15, 0.2) is 54.6 Å². The van der Waals surface area contributed by atoms with Gasteiger partial charge in [-0.3, -0.25) is 4.79 Å². The second-order valence-electron chi connectivity index (χ2n) is 6.08. The maximum absolute atomic E-state index is 12.0. The first kappa shape index (κ1) is 16.9. The molecule has 0 radical (unpaired) electrons. The van der Waals surface area contributed by atoms with Gasteiger partial charge in [-0.2, -0.15) is 0 Å². The van der Waals surface area contributed by atoms with Gasteiger partial charge in [0.25, 0.3) is 0 Å². The number of hydrogen-bond donors (Lipinski definition) is 1. The molecule has 0 saturated heterocycles. The highest BCUT2D eigenvalue weighted by Crippen LogP contribution is 2.25. The summed E-state index contributed by atoms with van der Waals surface area (Å²) < 4.78 is 5.93. The van der Waals surface area contributed by atoms with Crippen LogP contribution in [0.5, 0.6) is 5.75 Å². The Bertz CT molecular complexity index is 636. The minimum atomic E-state index is 0.0281. The van der Waals surface area contributed by atoms with E-state index in [0.717, 1.165) is 30.0 Å². The summed E-state index contributed by atoms with van der Waals surface area (Å²) in [7, 11) is 0. The summed E-state index contributed by atoms with van der Waals surface area (Å²) >= 11 is 1.62. The lowest BCUT2D eigenvalue weighted by Gasteiger charge is -2.13. The Hall–Kier alpha value is -1.94. The van der Waals surface area contributed by atoms with E-state index in [9.17, 15) is 4.79 Å². The van der Waals surface area contributed by atoms with Gasteiger partial charge in [-0.1, -0.05) is 30.3 Å². The zero-order valence-electron chi connectivity index (χ0n) is 13.7. The van der Waals surface area contributed by atoms with Crippen molar-refractivity contribution >= 4 is 23.4 Å². The lowest BCUT2D eigenvalue weighted by Crippen LogP contribution is -2.14. The smallest absolute Gasteiger partial charge is 0.234 e. The van der Waals surface area contributed by atoms with Crippen molar-refractivity contribution in [2.45, 2.75) is 37.5 Å². The largest absolute Gasteiger partial charge is 0.490 e. The summed E-state index contributed by atoms with van der Waals surface area (Å²) in [6, 6.07) is 17.9. The normalized spacial score (nSPS) is 14.5. The van der Waals surface area contributed by atoms with Crippen molar-refractivity contribution in [3.8, 4) is 5.75 Å². The lowest BCUT2D eigenvalue weighted by molar-refractivity contribution is -0.113. The number of carbonyl (C=O) groups excluding carboxylic acids is 1. The molecule has 0 aliphatic heterocycles. The molecule has 1 saturated carbocycles. The van der Waals surface area contributed by atoms with Gasteiger partial charge in [0.2, 0.25) is 5.91 Å². The summed E-state index contributed by atoms with van der Waals surface area (Å²) in [5.41, 5.74) is 2.06. The number of nitrogens with one attached hydrogen (secondary N) is 1. The molecule has 0 unspecified atom stereocenters. The first-order valence-corrected chi connectivity index (χ1v) is 9.63. The molecule has 24 heavy (non-hydrogen) atoms. The van der Waals surface area contributed by atoms with E-state index >= 15 is 0 Å². The average molecular weight is 341 g/mol. The minimum Gasteiger partial charge on any atom is -0.490 e. The molecule has 2 aromatic rings. The molecular weight excluding hydrogens is 318 g/mol. The summed E-state index contributed by atoms with van der Waals surface area (Å²) in [6.07, 6.45) is 5.19. The molecule has 0 aromatic heterocycles. The van der Waals surface area contributed by atoms with Crippen LogP contribution >= 0.6 is 11.8 Å². The topological polar surface area (TPSA) is 38.3 Å². The van der Waals surface area contributed by atoms with Gasteiger partial charge in [-0.15, -0.1) is 11.8 Å². The zero-order valence-corrected chi connectivity index (χ0v) is 14.6. The zero-order chi connectivity index (χ0) is 16.6. The summed E-state index contributed by atoms with van der Waals surface area (Å²) in [6.45, 7) is 0. The van der Waals surface area contributed by atoms with Crippen molar-refractivity contribution in [1.82, 2.24) is 0 Å². The quantitative estimate of drug-likeness (QED) is 0.780. The van der Waals surface area contributed by atoms with Crippen molar-refractivity contribution in [1.29, 1.82) is 0 Å². The molecule has 0 spiro atoms. The van der Waals surface area contributed by atoms with Crippen LogP contribution in [0.2, 0.25) is 0 Å². The van der Waals surface area contributed by atoms with Crippen LogP contribution in [0.25, 0.3) is 0 Å². The Morgan fingerprint density at radius 3 is 2.46 bits per heavy atom. The average Bonchev–Trinajstić information content (AvgIpc) is 3.11. The van der Waals surface area contributed by atoms with E-state index in [1.165, 1.54) is 18.4 Å². The van der Waals surface area contributed by atoms with Crippen LogP contribution in [0.1, 0.15) is 31.2 Å². The third kappa shape index (κ3) is 5.31. The number of amides is 1. The Labute approximate surface area is 147 Å². The molecule has 1 N–H and O–H groups in total. The van der Waals surface area contributed by atoms with Crippen molar-refractivity contribution in [2.75, 3.05) is 11.1 Å². The number of ether oxygens (including phenoxy) is 1. The van der Waals surface area contributed by atoms with Crippen LogP contribution in [-0.2, 0) is 10.5 Å². The fourth-order valence-corrected chi connectivity index (χ4v) is 3.64. The third-order valence-corrected chi connectivity index (χ3v) is 5.09. The van der Waals surface area contributed by atoms with E-state index in [1.807, 2.05) is 42.5 Å². The molecule has 0 atom stereocenters. The predicted molar refractivity (Wildman–Crippen MR) is 101 cm³/mol. The maximum Gasteiger partial charge on any atom is 0.234 e. The van der Waals surface area contributed by atoms with Crippen LogP contribution in [-0.4, -0.2) is 17.8 Å². The van der Waals surface area contributed by atoms with E-state index in [2.05, 4.69) is 17.4 Å². The van der Waals surface area contributed by atoms with Crippen LogP contribution in [0, 0.1) is 0 Å². The van der Waals surface area contributed by atoms with Gasteiger partial charge in [0.1, 0.15) is 5.75 Å². The SMILES string of the molecule is O=C(CSCc1ccccc1)Nc1ccc(OC2CCCC2)cc1. The number of anilines is 1. The first-order valence-electron chi connectivity index (χ1n) is 8.48.